The number of thioether (sulfide) groups is 1. The van der Waals surface area contributed by atoms with Crippen LogP contribution in [-0.4, -0.2) is 34.3 Å². The maximum Gasteiger partial charge on any atom is 0.360 e. The van der Waals surface area contributed by atoms with Gasteiger partial charge in [0.15, 0.2) is 0 Å². The van der Waals surface area contributed by atoms with Crippen LogP contribution in [0.2, 0.25) is 0 Å². The highest BCUT2D eigenvalue weighted by molar-refractivity contribution is 8.02. The number of nitrogens with zero attached hydrogens (tertiary/aromatic N) is 2. The number of aliphatic carboxylic acids is 1. The number of oxime groups is 1. The third-order valence-corrected chi connectivity index (χ3v) is 6.31. The molecule has 0 aliphatic carbocycles. The van der Waals surface area contributed by atoms with Crippen LogP contribution in [0.25, 0.3) is 0 Å². The molecule has 0 unspecified atom stereocenters. The Bertz CT molecular complexity index is 1050. The van der Waals surface area contributed by atoms with E-state index in [0.29, 0.717) is 18.2 Å². The molecule has 0 fully saturated rings. The molecule has 174 valence electrons. The van der Waals surface area contributed by atoms with Gasteiger partial charge in [-0.3, -0.25) is 5.01 Å². The highest BCUT2D eigenvalue weighted by atomic mass is 32.2. The summed E-state index contributed by atoms with van der Waals surface area (Å²) >= 11 is 1.50. The summed E-state index contributed by atoms with van der Waals surface area (Å²) in [6.07, 6.45) is 0.741. The summed E-state index contributed by atoms with van der Waals surface area (Å²) in [6, 6.07) is 30.5. The molecule has 2 N–H and O–H groups in total. The van der Waals surface area contributed by atoms with Crippen molar-refractivity contribution >= 4 is 23.4 Å². The lowest BCUT2D eigenvalue weighted by Crippen LogP contribution is -2.53. The van der Waals surface area contributed by atoms with Crippen molar-refractivity contribution in [1.29, 1.82) is 0 Å². The van der Waals surface area contributed by atoms with Gasteiger partial charge in [0, 0.05) is 5.41 Å². The minimum absolute atomic E-state index is 0.131. The van der Waals surface area contributed by atoms with E-state index in [1.165, 1.54) is 11.8 Å². The Kier molecular flexibility index (Phi) is 7.67. The van der Waals surface area contributed by atoms with Crippen molar-refractivity contribution in [2.45, 2.75) is 18.9 Å². The molecule has 0 saturated heterocycles. The van der Waals surface area contributed by atoms with Crippen LogP contribution in [0.3, 0.4) is 0 Å². The smallest absolute Gasteiger partial charge is 0.360 e. The molecule has 0 amide bonds. The Morgan fingerprint density at radius 1 is 0.971 bits per heavy atom. The van der Waals surface area contributed by atoms with E-state index in [0.717, 1.165) is 23.1 Å². The van der Waals surface area contributed by atoms with Gasteiger partial charge in [-0.1, -0.05) is 103 Å². The molecule has 34 heavy (non-hydrogen) atoms. The Morgan fingerprint density at radius 2 is 1.47 bits per heavy atom. The van der Waals surface area contributed by atoms with E-state index in [1.54, 1.807) is 5.41 Å². The number of hydrogen-bond donors (Lipinski definition) is 2. The molecule has 0 radical (unpaired) electrons. The number of rotatable bonds is 10. The molecule has 3 aromatic carbocycles. The van der Waals surface area contributed by atoms with Crippen molar-refractivity contribution in [2.75, 3.05) is 12.5 Å². The van der Waals surface area contributed by atoms with Crippen molar-refractivity contribution in [3.63, 3.8) is 0 Å². The predicted molar refractivity (Wildman–Crippen MR) is 136 cm³/mol. The monoisotopic (exact) mass is 473 g/mol. The Balaban J connectivity index is 1.84. The second kappa shape index (κ2) is 11.0. The average molecular weight is 474 g/mol. The number of nitrogens with one attached hydrogen (secondary N) is 1. The van der Waals surface area contributed by atoms with E-state index in [4.69, 9.17) is 4.84 Å². The van der Waals surface area contributed by atoms with Crippen LogP contribution in [0, 0.1) is 0 Å². The van der Waals surface area contributed by atoms with Crippen LogP contribution >= 0.6 is 11.8 Å². The Labute approximate surface area is 203 Å². The normalized spacial score (nSPS) is 14.1. The first kappa shape index (κ1) is 23.6. The maximum absolute atomic E-state index is 12.1. The minimum Gasteiger partial charge on any atom is -0.476 e. The topological polar surface area (TPSA) is 74.2 Å². The van der Waals surface area contributed by atoms with Crippen molar-refractivity contribution in [1.82, 2.24) is 10.4 Å². The predicted octanol–water partition coefficient (Wildman–Crippen LogP) is 5.20. The first-order valence-electron chi connectivity index (χ1n) is 11.1. The van der Waals surface area contributed by atoms with Gasteiger partial charge in [0.2, 0.25) is 5.71 Å². The Morgan fingerprint density at radius 3 is 1.91 bits per heavy atom. The molecule has 0 atom stereocenters. The summed E-state index contributed by atoms with van der Waals surface area (Å²) in [5.74, 6) is -0.620. The SMILES string of the molecule is CCCON=C(C(=O)O)C1=CSCN1NC(c1ccccc1)(c1ccccc1)c1ccccc1. The molecule has 6 nitrogen and oxygen atoms in total. The van der Waals surface area contributed by atoms with Gasteiger partial charge >= 0.3 is 5.97 Å². The summed E-state index contributed by atoms with van der Waals surface area (Å²) in [6.45, 7) is 2.30. The first-order valence-corrected chi connectivity index (χ1v) is 12.2. The van der Waals surface area contributed by atoms with Gasteiger partial charge in [0.05, 0.1) is 11.6 Å². The van der Waals surface area contributed by atoms with Crippen molar-refractivity contribution < 1.29 is 14.7 Å². The molecule has 4 rings (SSSR count). The van der Waals surface area contributed by atoms with E-state index in [1.807, 2.05) is 66.5 Å². The highest BCUT2D eigenvalue weighted by Crippen LogP contribution is 2.38. The second-order valence-corrected chi connectivity index (χ2v) is 8.59. The van der Waals surface area contributed by atoms with Gasteiger partial charge in [-0.05, 0) is 23.1 Å². The Hall–Kier alpha value is -3.55. The molecular formula is C27H27N3O3S. The van der Waals surface area contributed by atoms with Gasteiger partial charge in [-0.2, -0.15) is 0 Å². The zero-order valence-corrected chi connectivity index (χ0v) is 19.7. The molecule has 1 aliphatic heterocycles. The number of carbonyl (C=O) groups is 1. The molecule has 1 aliphatic rings. The van der Waals surface area contributed by atoms with Gasteiger partial charge in [0.25, 0.3) is 0 Å². The fourth-order valence-electron chi connectivity index (χ4n) is 3.96. The van der Waals surface area contributed by atoms with E-state index in [2.05, 4.69) is 47.0 Å². The molecule has 0 saturated carbocycles. The number of hydrazine groups is 1. The molecule has 0 bridgehead atoms. The summed E-state index contributed by atoms with van der Waals surface area (Å²) in [7, 11) is 0. The van der Waals surface area contributed by atoms with Gasteiger partial charge in [0.1, 0.15) is 12.1 Å². The van der Waals surface area contributed by atoms with Gasteiger partial charge in [-0.25, -0.2) is 10.2 Å². The van der Waals surface area contributed by atoms with E-state index in [-0.39, 0.29) is 5.71 Å². The van der Waals surface area contributed by atoms with Crippen molar-refractivity contribution in [3.8, 4) is 0 Å². The van der Waals surface area contributed by atoms with Gasteiger partial charge in [-0.15, -0.1) is 11.8 Å². The zero-order valence-electron chi connectivity index (χ0n) is 18.9. The van der Waals surface area contributed by atoms with Crippen molar-refractivity contribution in [2.24, 2.45) is 5.16 Å². The highest BCUT2D eigenvalue weighted by Gasteiger charge is 2.40. The minimum atomic E-state index is -1.14. The van der Waals surface area contributed by atoms with Gasteiger partial charge < -0.3 is 9.94 Å². The summed E-state index contributed by atoms with van der Waals surface area (Å²) in [5, 5.41) is 17.5. The second-order valence-electron chi connectivity index (χ2n) is 7.77. The molecule has 7 heteroatoms. The van der Waals surface area contributed by atoms with Crippen LogP contribution in [-0.2, 0) is 15.2 Å². The summed E-state index contributed by atoms with van der Waals surface area (Å²) < 4.78 is 0. The maximum atomic E-state index is 12.1. The lowest BCUT2D eigenvalue weighted by molar-refractivity contribution is -0.129. The average Bonchev–Trinajstić information content (AvgIpc) is 3.34. The number of hydrogen-bond acceptors (Lipinski definition) is 6. The molecule has 0 aromatic heterocycles. The fraction of sp³-hybridized carbons (Fsp3) is 0.185. The number of carboxylic acids is 1. The van der Waals surface area contributed by atoms with Crippen LogP contribution in [0.15, 0.2) is 107 Å². The first-order chi connectivity index (χ1) is 16.7. The fourth-order valence-corrected chi connectivity index (χ4v) is 4.78. The van der Waals surface area contributed by atoms with Crippen LogP contribution < -0.4 is 5.43 Å². The van der Waals surface area contributed by atoms with Crippen molar-refractivity contribution in [3.05, 3.63) is 119 Å². The third-order valence-electron chi connectivity index (χ3n) is 5.51. The van der Waals surface area contributed by atoms with E-state index in [9.17, 15) is 9.90 Å². The molecule has 3 aromatic rings. The standard InChI is InChI=1S/C27H27N3O3S/c1-2-18-33-28-25(26(31)32)24-19-34-20-30(24)29-27(21-12-6-3-7-13-21,22-14-8-4-9-15-22)23-16-10-5-11-17-23/h3-17,19,29H,2,18,20H2,1H3,(H,31,32). The third kappa shape index (κ3) is 4.85. The molecular weight excluding hydrogens is 446 g/mol. The summed E-state index contributed by atoms with van der Waals surface area (Å²) in [5.41, 5.74) is 6.33. The van der Waals surface area contributed by atoms with Crippen LogP contribution in [0.5, 0.6) is 0 Å². The largest absolute Gasteiger partial charge is 0.476 e. The number of carboxylic acid groups (broad SMARTS) is 1. The zero-order chi connectivity index (χ0) is 23.8. The molecule has 1 heterocycles. The molecule has 0 spiro atoms. The quantitative estimate of drug-likeness (QED) is 0.183. The summed E-state index contributed by atoms with van der Waals surface area (Å²) in [4.78, 5) is 17.3. The lowest BCUT2D eigenvalue weighted by atomic mass is 9.77. The van der Waals surface area contributed by atoms with E-state index >= 15 is 0 Å². The van der Waals surface area contributed by atoms with E-state index < -0.39 is 11.5 Å². The lowest BCUT2D eigenvalue weighted by Gasteiger charge is -2.41. The number of benzene rings is 3. The van der Waals surface area contributed by atoms with Crippen LogP contribution in [0.4, 0.5) is 0 Å². The van der Waals surface area contributed by atoms with Crippen LogP contribution in [0.1, 0.15) is 30.0 Å².